The molecule has 134 valence electrons. The normalized spacial score (nSPS) is 20.3. The molecule has 2 N–H and O–H groups in total. The van der Waals surface area contributed by atoms with Gasteiger partial charge < -0.3 is 24.4 Å². The number of ether oxygens (including phenoxy) is 3. The third-order valence-corrected chi connectivity index (χ3v) is 4.49. The molecule has 6 heteroatoms. The Morgan fingerprint density at radius 2 is 1.88 bits per heavy atom. The van der Waals surface area contributed by atoms with Gasteiger partial charge in [-0.25, -0.2) is 0 Å². The van der Waals surface area contributed by atoms with Crippen LogP contribution in [0.15, 0.2) is 12.1 Å². The van der Waals surface area contributed by atoms with Crippen LogP contribution in [0.2, 0.25) is 0 Å². The zero-order chi connectivity index (χ0) is 17.5. The predicted molar refractivity (Wildman–Crippen MR) is 91.9 cm³/mol. The average Bonchev–Trinajstić information content (AvgIpc) is 2.58. The molecule has 2 rings (SSSR count). The number of nitrogens with one attached hydrogen (secondary N) is 2. The zero-order valence-corrected chi connectivity index (χ0v) is 15.1. The minimum atomic E-state index is 0.0767. The van der Waals surface area contributed by atoms with E-state index in [4.69, 9.17) is 14.2 Å². The van der Waals surface area contributed by atoms with Gasteiger partial charge >= 0.3 is 0 Å². The van der Waals surface area contributed by atoms with E-state index in [1.165, 1.54) is 17.7 Å². The standard InChI is InChI=1S/C18H28N2O4/c1-13-6-5-7-20(11-13)12-17(21)19-10-14-8-15(22-2)18(24-4)16(9-14)23-3/h8-9,13H,5-7,10-12H2,1-4H3,(H,19,21)/p+1/t13-/m1/s1. The number of rotatable bonds is 7. The maximum atomic E-state index is 12.2. The van der Waals surface area contributed by atoms with Crippen molar-refractivity contribution < 1.29 is 23.9 Å². The molecule has 1 amide bonds. The molecule has 1 aliphatic rings. The van der Waals surface area contributed by atoms with Gasteiger partial charge in [-0.3, -0.25) is 4.79 Å². The second kappa shape index (κ2) is 8.78. The van der Waals surface area contributed by atoms with E-state index in [1.807, 2.05) is 12.1 Å². The first-order valence-corrected chi connectivity index (χ1v) is 8.46. The molecular weight excluding hydrogens is 308 g/mol. The van der Waals surface area contributed by atoms with E-state index in [9.17, 15) is 4.79 Å². The summed E-state index contributed by atoms with van der Waals surface area (Å²) in [7, 11) is 4.74. The molecule has 1 aromatic rings. The largest absolute Gasteiger partial charge is 0.493 e. The van der Waals surface area contributed by atoms with Crippen molar-refractivity contribution in [3.63, 3.8) is 0 Å². The van der Waals surface area contributed by atoms with Crippen LogP contribution in [0.3, 0.4) is 0 Å². The van der Waals surface area contributed by atoms with Crippen LogP contribution in [-0.4, -0.2) is 46.9 Å². The highest BCUT2D eigenvalue weighted by atomic mass is 16.5. The number of carbonyl (C=O) groups excluding carboxylic acids is 1. The van der Waals surface area contributed by atoms with Crippen LogP contribution in [0.1, 0.15) is 25.3 Å². The summed E-state index contributed by atoms with van der Waals surface area (Å²) in [6.07, 6.45) is 2.48. The summed E-state index contributed by atoms with van der Waals surface area (Å²) in [6.45, 7) is 5.40. The highest BCUT2D eigenvalue weighted by molar-refractivity contribution is 5.76. The van der Waals surface area contributed by atoms with E-state index < -0.39 is 0 Å². The Morgan fingerprint density at radius 1 is 1.21 bits per heavy atom. The molecule has 2 atom stereocenters. The fourth-order valence-corrected chi connectivity index (χ4v) is 3.29. The third-order valence-electron chi connectivity index (χ3n) is 4.49. The monoisotopic (exact) mass is 337 g/mol. The van der Waals surface area contributed by atoms with Gasteiger partial charge in [0.05, 0.1) is 34.4 Å². The molecule has 0 radical (unpaired) electrons. The predicted octanol–water partition coefficient (Wildman–Crippen LogP) is 0.643. The van der Waals surface area contributed by atoms with Gasteiger partial charge in [-0.15, -0.1) is 0 Å². The van der Waals surface area contributed by atoms with E-state index in [1.54, 1.807) is 21.3 Å². The minimum absolute atomic E-state index is 0.0767. The number of carbonyl (C=O) groups is 1. The van der Waals surface area contributed by atoms with E-state index in [0.29, 0.717) is 36.3 Å². The van der Waals surface area contributed by atoms with Crippen LogP contribution in [0, 0.1) is 5.92 Å². The summed E-state index contributed by atoms with van der Waals surface area (Å²) in [5, 5.41) is 2.99. The maximum Gasteiger partial charge on any atom is 0.275 e. The van der Waals surface area contributed by atoms with E-state index in [-0.39, 0.29) is 5.91 Å². The summed E-state index contributed by atoms with van der Waals surface area (Å²) in [6, 6.07) is 3.72. The number of amides is 1. The molecule has 1 aliphatic heterocycles. The van der Waals surface area contributed by atoms with Crippen molar-refractivity contribution in [1.82, 2.24) is 5.32 Å². The van der Waals surface area contributed by atoms with Gasteiger partial charge in [-0.05, 0) is 30.5 Å². The Labute approximate surface area is 144 Å². The summed E-state index contributed by atoms with van der Waals surface area (Å²) < 4.78 is 16.0. The molecule has 1 heterocycles. The fourth-order valence-electron chi connectivity index (χ4n) is 3.29. The SMILES string of the molecule is COc1cc(CNC(=O)C[NH+]2CCC[C@@H](C)C2)cc(OC)c1OC. The first kappa shape index (κ1) is 18.4. The molecule has 6 nitrogen and oxygen atoms in total. The molecule has 1 aromatic carbocycles. The van der Waals surface area contributed by atoms with Crippen molar-refractivity contribution in [1.29, 1.82) is 0 Å². The van der Waals surface area contributed by atoms with Crippen LogP contribution >= 0.6 is 0 Å². The van der Waals surface area contributed by atoms with Gasteiger partial charge in [-0.2, -0.15) is 0 Å². The number of likely N-dealkylation sites (tertiary alicyclic amines) is 1. The molecular formula is C18H29N2O4+. The lowest BCUT2D eigenvalue weighted by Gasteiger charge is -2.27. The highest BCUT2D eigenvalue weighted by Gasteiger charge is 2.22. The van der Waals surface area contributed by atoms with Crippen molar-refractivity contribution in [2.75, 3.05) is 41.0 Å². The van der Waals surface area contributed by atoms with Gasteiger partial charge in [0.25, 0.3) is 5.91 Å². The second-order valence-electron chi connectivity index (χ2n) is 6.44. The van der Waals surface area contributed by atoms with Crippen molar-refractivity contribution in [3.8, 4) is 17.2 Å². The van der Waals surface area contributed by atoms with Gasteiger partial charge in [0.2, 0.25) is 5.75 Å². The van der Waals surface area contributed by atoms with Crippen LogP contribution in [-0.2, 0) is 11.3 Å². The minimum Gasteiger partial charge on any atom is -0.493 e. The van der Waals surface area contributed by atoms with Crippen molar-refractivity contribution in [3.05, 3.63) is 17.7 Å². The summed E-state index contributed by atoms with van der Waals surface area (Å²) in [5.41, 5.74) is 0.917. The number of hydrogen-bond acceptors (Lipinski definition) is 4. The molecule has 1 unspecified atom stereocenters. The van der Waals surface area contributed by atoms with Gasteiger partial charge in [0.1, 0.15) is 0 Å². The molecule has 0 spiro atoms. The summed E-state index contributed by atoms with van der Waals surface area (Å²) in [5.74, 6) is 2.53. The maximum absolute atomic E-state index is 12.2. The van der Waals surface area contributed by atoms with Crippen molar-refractivity contribution in [2.45, 2.75) is 26.3 Å². The summed E-state index contributed by atoms with van der Waals surface area (Å²) >= 11 is 0. The fraction of sp³-hybridized carbons (Fsp3) is 0.611. The van der Waals surface area contributed by atoms with E-state index >= 15 is 0 Å². The number of hydrogen-bond donors (Lipinski definition) is 2. The second-order valence-corrected chi connectivity index (χ2v) is 6.44. The summed E-state index contributed by atoms with van der Waals surface area (Å²) in [4.78, 5) is 13.6. The van der Waals surface area contributed by atoms with Gasteiger partial charge in [-0.1, -0.05) is 6.92 Å². The van der Waals surface area contributed by atoms with Gasteiger partial charge in [0, 0.05) is 12.5 Å². The number of quaternary nitrogens is 1. The molecule has 0 saturated carbocycles. The van der Waals surface area contributed by atoms with Crippen LogP contribution in [0.5, 0.6) is 17.2 Å². The smallest absolute Gasteiger partial charge is 0.275 e. The first-order chi connectivity index (χ1) is 11.6. The Balaban J connectivity index is 1.94. The number of methoxy groups -OCH3 is 3. The first-order valence-electron chi connectivity index (χ1n) is 8.46. The molecule has 0 bridgehead atoms. The Morgan fingerprint density at radius 3 is 2.42 bits per heavy atom. The zero-order valence-electron chi connectivity index (χ0n) is 15.1. The van der Waals surface area contributed by atoms with Crippen molar-refractivity contribution in [2.24, 2.45) is 5.92 Å². The number of piperidine rings is 1. The Bertz CT molecular complexity index is 537. The average molecular weight is 337 g/mol. The molecule has 24 heavy (non-hydrogen) atoms. The molecule has 1 saturated heterocycles. The van der Waals surface area contributed by atoms with Crippen LogP contribution in [0.25, 0.3) is 0 Å². The Kier molecular flexibility index (Phi) is 6.73. The number of benzene rings is 1. The molecule has 0 aliphatic carbocycles. The van der Waals surface area contributed by atoms with E-state index in [2.05, 4.69) is 12.2 Å². The third kappa shape index (κ3) is 4.77. The lowest BCUT2D eigenvalue weighted by molar-refractivity contribution is -0.900. The lowest BCUT2D eigenvalue weighted by atomic mass is 10.0. The van der Waals surface area contributed by atoms with Crippen molar-refractivity contribution >= 4 is 5.91 Å². The highest BCUT2D eigenvalue weighted by Crippen LogP contribution is 2.38. The quantitative estimate of drug-likeness (QED) is 0.767. The Hall–Kier alpha value is -1.95. The molecule has 1 fully saturated rings. The van der Waals surface area contributed by atoms with E-state index in [0.717, 1.165) is 18.7 Å². The van der Waals surface area contributed by atoms with Crippen LogP contribution in [0.4, 0.5) is 0 Å². The molecule has 0 aromatic heterocycles. The lowest BCUT2D eigenvalue weighted by Crippen LogP contribution is -3.14. The van der Waals surface area contributed by atoms with Crippen LogP contribution < -0.4 is 24.4 Å². The van der Waals surface area contributed by atoms with Gasteiger partial charge in [0.15, 0.2) is 18.0 Å². The topological polar surface area (TPSA) is 61.2 Å².